The van der Waals surface area contributed by atoms with Crippen LogP contribution in [0.15, 0.2) is 36.8 Å². The fraction of sp³-hybridized carbons (Fsp3) is 0.125. The molecule has 0 bridgehead atoms. The first-order chi connectivity index (χ1) is 11.5. The number of anilines is 1. The van der Waals surface area contributed by atoms with Crippen molar-refractivity contribution in [3.05, 3.63) is 47.9 Å². The Bertz CT molecular complexity index is 789. The summed E-state index contributed by atoms with van der Waals surface area (Å²) in [4.78, 5) is 30.3. The van der Waals surface area contributed by atoms with Gasteiger partial charge in [-0.3, -0.25) is 4.79 Å². The number of carboxylic acids is 1. The van der Waals surface area contributed by atoms with Crippen molar-refractivity contribution in [1.82, 2.24) is 9.97 Å². The van der Waals surface area contributed by atoms with Crippen LogP contribution in [-0.4, -0.2) is 41.2 Å². The van der Waals surface area contributed by atoms with Crippen LogP contribution in [0.2, 0.25) is 0 Å². The average molecular weight is 329 g/mol. The lowest BCUT2D eigenvalue weighted by Gasteiger charge is -2.07. The molecule has 1 aromatic carbocycles. The lowest BCUT2D eigenvalue weighted by Crippen LogP contribution is -2.13. The molecule has 124 valence electrons. The lowest BCUT2D eigenvalue weighted by atomic mass is 10.2. The number of nitrogens with zero attached hydrogens (tertiary/aromatic N) is 2. The minimum Gasteiger partial charge on any atom is -0.493 e. The molecule has 0 radical (unpaired) electrons. The first-order valence-electron chi connectivity index (χ1n) is 6.79. The zero-order valence-electron chi connectivity index (χ0n) is 13.0. The molecule has 0 spiro atoms. The number of carboxylic acid groups (broad SMARTS) is 1. The van der Waals surface area contributed by atoms with Crippen molar-refractivity contribution in [2.24, 2.45) is 0 Å². The number of carbonyl (C=O) groups excluding carboxylic acids is 1. The second-order valence-corrected chi connectivity index (χ2v) is 4.53. The molecule has 0 fully saturated rings. The van der Waals surface area contributed by atoms with Gasteiger partial charge in [0.15, 0.2) is 17.3 Å². The Morgan fingerprint density at radius 3 is 2.62 bits per heavy atom. The second kappa shape index (κ2) is 7.73. The first-order valence-corrected chi connectivity index (χ1v) is 6.79. The molecule has 2 aromatic rings. The summed E-state index contributed by atoms with van der Waals surface area (Å²) >= 11 is 0. The molecule has 0 atom stereocenters. The van der Waals surface area contributed by atoms with Crippen molar-refractivity contribution >= 4 is 23.8 Å². The third kappa shape index (κ3) is 4.07. The van der Waals surface area contributed by atoms with Crippen LogP contribution < -0.4 is 14.8 Å². The molecule has 0 aliphatic carbocycles. The highest BCUT2D eigenvalue weighted by atomic mass is 16.5. The van der Waals surface area contributed by atoms with E-state index in [4.69, 9.17) is 14.6 Å². The summed E-state index contributed by atoms with van der Waals surface area (Å²) in [5.41, 5.74) is 0.523. The highest BCUT2D eigenvalue weighted by molar-refractivity contribution is 6.05. The fourth-order valence-corrected chi connectivity index (χ4v) is 1.87. The van der Waals surface area contributed by atoms with E-state index in [9.17, 15) is 9.59 Å². The van der Waals surface area contributed by atoms with Gasteiger partial charge in [0.2, 0.25) is 5.91 Å². The smallest absolute Gasteiger partial charge is 0.341 e. The van der Waals surface area contributed by atoms with Crippen molar-refractivity contribution in [3.63, 3.8) is 0 Å². The van der Waals surface area contributed by atoms with Gasteiger partial charge in [0.25, 0.3) is 0 Å². The highest BCUT2D eigenvalue weighted by Gasteiger charge is 2.12. The van der Waals surface area contributed by atoms with Crippen LogP contribution in [0.5, 0.6) is 11.5 Å². The van der Waals surface area contributed by atoms with E-state index in [0.29, 0.717) is 17.1 Å². The minimum atomic E-state index is -1.23. The molecule has 8 nitrogen and oxygen atoms in total. The van der Waals surface area contributed by atoms with Crippen molar-refractivity contribution in [2.75, 3.05) is 19.5 Å². The third-order valence-electron chi connectivity index (χ3n) is 3.02. The summed E-state index contributed by atoms with van der Waals surface area (Å²) in [5, 5.41) is 11.4. The number of rotatable bonds is 6. The largest absolute Gasteiger partial charge is 0.493 e. The number of benzene rings is 1. The predicted octanol–water partition coefficient (Wildman–Crippen LogP) is 1.84. The van der Waals surface area contributed by atoms with Gasteiger partial charge in [0.05, 0.1) is 14.2 Å². The fourth-order valence-electron chi connectivity index (χ4n) is 1.87. The number of carbonyl (C=O) groups is 2. The number of methoxy groups -OCH3 is 2. The Labute approximate surface area is 137 Å². The summed E-state index contributed by atoms with van der Waals surface area (Å²) in [6.45, 7) is 0. The zero-order valence-corrected chi connectivity index (χ0v) is 13.0. The Morgan fingerprint density at radius 1 is 1.21 bits per heavy atom. The van der Waals surface area contributed by atoms with E-state index in [0.717, 1.165) is 12.5 Å². The summed E-state index contributed by atoms with van der Waals surface area (Å²) in [5.74, 6) is -0.713. The molecular weight excluding hydrogens is 314 g/mol. The van der Waals surface area contributed by atoms with Gasteiger partial charge in [-0.05, 0) is 23.8 Å². The standard InChI is InChI=1S/C16H15N3O5/c1-23-12-5-3-10(7-13(12)24-2)4-6-14(20)19-15-11(16(21)22)8-17-9-18-15/h3-9H,1-2H3,(H,21,22)(H,17,18,19,20). The number of nitrogens with one attached hydrogen (secondary N) is 1. The predicted molar refractivity (Wildman–Crippen MR) is 86.2 cm³/mol. The van der Waals surface area contributed by atoms with Crippen molar-refractivity contribution in [3.8, 4) is 11.5 Å². The quantitative estimate of drug-likeness (QED) is 0.778. The number of aromatic carboxylic acids is 1. The van der Waals surface area contributed by atoms with Crippen LogP contribution >= 0.6 is 0 Å². The zero-order chi connectivity index (χ0) is 17.5. The van der Waals surface area contributed by atoms with E-state index in [1.54, 1.807) is 24.3 Å². The molecule has 0 aliphatic heterocycles. The minimum absolute atomic E-state index is 0.0699. The van der Waals surface area contributed by atoms with Crippen molar-refractivity contribution < 1.29 is 24.2 Å². The summed E-state index contributed by atoms with van der Waals surface area (Å²) < 4.78 is 10.3. The number of amides is 1. The van der Waals surface area contributed by atoms with Crippen molar-refractivity contribution in [1.29, 1.82) is 0 Å². The van der Waals surface area contributed by atoms with Crippen LogP contribution in [0.3, 0.4) is 0 Å². The Hall–Kier alpha value is -3.42. The summed E-state index contributed by atoms with van der Waals surface area (Å²) in [6.07, 6.45) is 5.08. The summed E-state index contributed by atoms with van der Waals surface area (Å²) in [7, 11) is 3.04. The van der Waals surface area contributed by atoms with E-state index >= 15 is 0 Å². The molecule has 2 N–H and O–H groups in total. The SMILES string of the molecule is COc1ccc(C=CC(=O)Nc2ncncc2C(=O)O)cc1OC. The average Bonchev–Trinajstić information content (AvgIpc) is 2.59. The van der Waals surface area contributed by atoms with Gasteiger partial charge >= 0.3 is 5.97 Å². The Morgan fingerprint density at radius 2 is 1.96 bits per heavy atom. The number of ether oxygens (including phenoxy) is 2. The monoisotopic (exact) mass is 329 g/mol. The van der Waals surface area contributed by atoms with E-state index in [1.807, 2.05) is 0 Å². The molecule has 8 heteroatoms. The molecule has 0 saturated carbocycles. The molecule has 0 unspecified atom stereocenters. The van der Waals surface area contributed by atoms with Crippen molar-refractivity contribution in [2.45, 2.75) is 0 Å². The van der Waals surface area contributed by atoms with E-state index in [1.165, 1.54) is 20.3 Å². The van der Waals surface area contributed by atoms with E-state index < -0.39 is 11.9 Å². The van der Waals surface area contributed by atoms with E-state index in [-0.39, 0.29) is 11.4 Å². The highest BCUT2D eigenvalue weighted by Crippen LogP contribution is 2.27. The maximum atomic E-state index is 11.9. The summed E-state index contributed by atoms with van der Waals surface area (Å²) in [6, 6.07) is 5.16. The van der Waals surface area contributed by atoms with Gasteiger partial charge in [-0.2, -0.15) is 0 Å². The van der Waals surface area contributed by atoms with Gasteiger partial charge in [0, 0.05) is 12.3 Å². The van der Waals surface area contributed by atoms with Gasteiger partial charge in [0.1, 0.15) is 11.9 Å². The maximum absolute atomic E-state index is 11.9. The van der Waals surface area contributed by atoms with Crippen LogP contribution in [0.1, 0.15) is 15.9 Å². The molecule has 0 saturated heterocycles. The topological polar surface area (TPSA) is 111 Å². The molecule has 1 aromatic heterocycles. The molecule has 1 amide bonds. The molecule has 0 aliphatic rings. The van der Waals surface area contributed by atoms with E-state index in [2.05, 4.69) is 15.3 Å². The molecular formula is C16H15N3O5. The van der Waals surface area contributed by atoms with Crippen LogP contribution in [0.4, 0.5) is 5.82 Å². The van der Waals surface area contributed by atoms with Crippen LogP contribution in [-0.2, 0) is 4.79 Å². The number of hydrogen-bond donors (Lipinski definition) is 2. The second-order valence-electron chi connectivity index (χ2n) is 4.53. The van der Waals surface area contributed by atoms with Crippen LogP contribution in [0, 0.1) is 0 Å². The van der Waals surface area contributed by atoms with Crippen LogP contribution in [0.25, 0.3) is 6.08 Å². The molecule has 1 heterocycles. The third-order valence-corrected chi connectivity index (χ3v) is 3.02. The lowest BCUT2D eigenvalue weighted by molar-refractivity contribution is -0.111. The Kier molecular flexibility index (Phi) is 5.45. The number of hydrogen-bond acceptors (Lipinski definition) is 6. The number of aromatic nitrogens is 2. The van der Waals surface area contributed by atoms with Gasteiger partial charge in [-0.15, -0.1) is 0 Å². The molecule has 24 heavy (non-hydrogen) atoms. The van der Waals surface area contributed by atoms with Gasteiger partial charge in [-0.25, -0.2) is 14.8 Å². The van der Waals surface area contributed by atoms with Gasteiger partial charge in [-0.1, -0.05) is 6.07 Å². The maximum Gasteiger partial charge on any atom is 0.341 e. The Balaban J connectivity index is 2.13. The van der Waals surface area contributed by atoms with Gasteiger partial charge < -0.3 is 19.9 Å². The molecule has 2 rings (SSSR count). The normalized spacial score (nSPS) is 10.4. The first kappa shape index (κ1) is 16.9.